The van der Waals surface area contributed by atoms with Gasteiger partial charge in [-0.2, -0.15) is 5.10 Å². The lowest BCUT2D eigenvalue weighted by Gasteiger charge is -2.31. The van der Waals surface area contributed by atoms with E-state index in [1.54, 1.807) is 12.3 Å². The molecule has 2 aromatic carbocycles. The summed E-state index contributed by atoms with van der Waals surface area (Å²) in [5.41, 5.74) is 7.57. The van der Waals surface area contributed by atoms with Crippen molar-refractivity contribution in [1.82, 2.24) is 24.6 Å². The molecule has 7 rings (SSSR count). The molecule has 2 fully saturated rings. The number of nitrogens with one attached hydrogen (secondary N) is 2. The molecule has 3 aliphatic rings. The normalized spacial score (nSPS) is 20.8. The molecule has 2 aromatic heterocycles. The van der Waals surface area contributed by atoms with Gasteiger partial charge in [-0.05, 0) is 98.2 Å². The lowest BCUT2D eigenvalue weighted by Crippen LogP contribution is -2.32. The highest BCUT2D eigenvalue weighted by Gasteiger charge is 2.36. The number of aliphatic carboxylic acids is 1. The zero-order chi connectivity index (χ0) is 34.9. The summed E-state index contributed by atoms with van der Waals surface area (Å²) in [6, 6.07) is 17.1. The third kappa shape index (κ3) is 6.91. The Balaban J connectivity index is 1.04. The predicted octanol–water partition coefficient (Wildman–Crippen LogP) is 4.87. The number of aryl methyl sites for hydroxylation is 1. The maximum absolute atomic E-state index is 13.6. The number of hydrogen-bond donors (Lipinski definition) is 4. The summed E-state index contributed by atoms with van der Waals surface area (Å²) >= 11 is 0. The minimum atomic E-state index is -0.754. The van der Waals surface area contributed by atoms with Crippen LogP contribution < -0.4 is 10.6 Å². The van der Waals surface area contributed by atoms with Gasteiger partial charge in [0.25, 0.3) is 11.8 Å². The van der Waals surface area contributed by atoms with Crippen LogP contribution >= 0.6 is 0 Å². The second-order valence-electron chi connectivity index (χ2n) is 13.7. The van der Waals surface area contributed by atoms with E-state index < -0.39 is 5.97 Å². The summed E-state index contributed by atoms with van der Waals surface area (Å²) in [4.78, 5) is 47.1. The summed E-state index contributed by atoms with van der Waals surface area (Å²) in [5.74, 6) is -1.72. The summed E-state index contributed by atoms with van der Waals surface area (Å²) < 4.78 is 1.90. The van der Waals surface area contributed by atoms with Crippen LogP contribution in [0, 0.1) is 19.8 Å². The Morgan fingerprint density at radius 2 is 1.54 bits per heavy atom. The summed E-state index contributed by atoms with van der Waals surface area (Å²) in [6.07, 6.45) is 4.67. The van der Waals surface area contributed by atoms with Crippen LogP contribution in [0.2, 0.25) is 0 Å². The Kier molecular flexibility index (Phi) is 9.50. The number of β-amino-alcohol motifs (C(OH)–C–C–N with tert-alkyl or cyclic N) is 1. The van der Waals surface area contributed by atoms with E-state index in [4.69, 9.17) is 0 Å². The van der Waals surface area contributed by atoms with Crippen LogP contribution in [0.5, 0.6) is 0 Å². The highest BCUT2D eigenvalue weighted by atomic mass is 16.4. The number of carboxylic acid groups (broad SMARTS) is 1. The summed E-state index contributed by atoms with van der Waals surface area (Å²) in [6.45, 7) is 8.06. The number of amides is 2. The van der Waals surface area contributed by atoms with Crippen LogP contribution in [0.4, 0.5) is 11.4 Å². The number of carbonyl (C=O) groups is 3. The van der Waals surface area contributed by atoms with Crippen molar-refractivity contribution in [3.05, 3.63) is 94.6 Å². The maximum Gasteiger partial charge on any atom is 0.307 e. The lowest BCUT2D eigenvalue weighted by molar-refractivity contribution is -0.141. The van der Waals surface area contributed by atoms with E-state index in [2.05, 4.69) is 30.5 Å². The number of hydrogen-bond acceptors (Lipinski definition) is 8. The van der Waals surface area contributed by atoms with Gasteiger partial charge in [-0.1, -0.05) is 30.3 Å². The van der Waals surface area contributed by atoms with Crippen LogP contribution in [0.1, 0.15) is 75.1 Å². The van der Waals surface area contributed by atoms with Crippen molar-refractivity contribution in [2.45, 2.75) is 64.8 Å². The van der Waals surface area contributed by atoms with Crippen LogP contribution in [0.15, 0.2) is 60.8 Å². The molecule has 2 saturated heterocycles. The topological polar surface area (TPSA) is 153 Å². The van der Waals surface area contributed by atoms with Gasteiger partial charge in [-0.15, -0.1) is 0 Å². The second kappa shape index (κ2) is 14.1. The highest BCUT2D eigenvalue weighted by Crippen LogP contribution is 2.36. The van der Waals surface area contributed by atoms with Crippen LogP contribution in [-0.4, -0.2) is 84.8 Å². The number of likely N-dealkylation sites (tertiary alicyclic amines) is 2. The molecular weight excluding hydrogens is 634 g/mol. The van der Waals surface area contributed by atoms with Crippen molar-refractivity contribution in [2.75, 3.05) is 36.8 Å². The molecule has 0 spiro atoms. The average Bonchev–Trinajstić information content (AvgIpc) is 3.87. The molecule has 0 radical (unpaired) electrons. The second-order valence-corrected chi connectivity index (χ2v) is 13.7. The molecule has 1 unspecified atom stereocenters. The molecule has 260 valence electrons. The fourth-order valence-corrected chi connectivity index (χ4v) is 7.58. The molecule has 0 bridgehead atoms. The monoisotopic (exact) mass is 677 g/mol. The number of anilines is 2. The third-order valence-electron chi connectivity index (χ3n) is 10.4. The number of aromatic nitrogens is 3. The van der Waals surface area contributed by atoms with Crippen LogP contribution in [-0.2, 0) is 17.9 Å². The van der Waals surface area contributed by atoms with Crippen molar-refractivity contribution in [1.29, 1.82) is 0 Å². The number of aliphatic hydroxyl groups is 1. The minimum absolute atomic E-state index is 0.0497. The van der Waals surface area contributed by atoms with Gasteiger partial charge in [-0.25, -0.2) is 0 Å². The van der Waals surface area contributed by atoms with Crippen molar-refractivity contribution >= 4 is 29.2 Å². The zero-order valence-corrected chi connectivity index (χ0v) is 28.4. The van der Waals surface area contributed by atoms with Gasteiger partial charge in [0.15, 0.2) is 5.69 Å². The molecule has 3 aliphatic heterocycles. The molecule has 2 amide bonds. The van der Waals surface area contributed by atoms with Crippen molar-refractivity contribution in [3.63, 3.8) is 0 Å². The Labute approximate surface area is 291 Å². The number of rotatable bonds is 9. The van der Waals surface area contributed by atoms with Gasteiger partial charge in [0.2, 0.25) is 0 Å². The first-order valence-electron chi connectivity index (χ1n) is 17.4. The van der Waals surface area contributed by atoms with Gasteiger partial charge in [0.1, 0.15) is 5.69 Å². The molecule has 4 N–H and O–H groups in total. The number of pyridine rings is 1. The highest BCUT2D eigenvalue weighted by molar-refractivity contribution is 6.05. The van der Waals surface area contributed by atoms with Gasteiger partial charge >= 0.3 is 5.97 Å². The fourth-order valence-electron chi connectivity index (χ4n) is 7.58. The van der Waals surface area contributed by atoms with Gasteiger partial charge < -0.3 is 20.8 Å². The molecule has 4 aromatic rings. The molecule has 12 nitrogen and oxygen atoms in total. The van der Waals surface area contributed by atoms with Gasteiger partial charge in [-0.3, -0.25) is 33.8 Å². The minimum Gasteiger partial charge on any atom is -0.481 e. The van der Waals surface area contributed by atoms with Crippen LogP contribution in [0.3, 0.4) is 0 Å². The Morgan fingerprint density at radius 3 is 2.14 bits per heavy atom. The Bertz CT molecular complexity index is 1920. The van der Waals surface area contributed by atoms with E-state index >= 15 is 0 Å². The van der Waals surface area contributed by atoms with Crippen molar-refractivity contribution in [3.8, 4) is 11.1 Å². The Hall–Kier alpha value is -4.91. The molecule has 0 saturated carbocycles. The first-order valence-corrected chi connectivity index (χ1v) is 17.4. The number of nitrogens with zero attached hydrogens (tertiary/aromatic N) is 5. The maximum atomic E-state index is 13.6. The van der Waals surface area contributed by atoms with Gasteiger partial charge in [0.05, 0.1) is 23.8 Å². The first-order chi connectivity index (χ1) is 24.1. The number of aliphatic hydroxyl groups excluding tert-OH is 1. The smallest absolute Gasteiger partial charge is 0.307 e. The van der Waals surface area contributed by atoms with Gasteiger partial charge in [0, 0.05) is 50.3 Å². The SMILES string of the molecule is Cc1c(NC(=O)c2ccc(CN3CC[C@@H](O)C3)cn2)cccc1-c1cccc(NC(=O)c2cc3n(n2)CCCC3N2CC[C@@H](C(=O)O)C2)c1C. The van der Waals surface area contributed by atoms with E-state index in [1.807, 2.05) is 67.1 Å². The summed E-state index contributed by atoms with van der Waals surface area (Å²) in [7, 11) is 0. The standard InChI is InChI=1S/C38H43N7O5/c1-23-28(6-3-8-30(23)40-36(47)32-12-11-25(19-39-32)20-43-16-14-27(46)22-43)29-7-4-9-31(24(29)2)41-37(48)33-18-35-34(10-5-15-45(35)42-33)44-17-13-26(21-44)38(49)50/h3-4,6-9,11-12,18-19,26-27,34,46H,5,10,13-17,20-22H2,1-2H3,(H,40,47)(H,41,48)(H,49,50)/t26-,27-,34?/m1/s1. The van der Waals surface area contributed by atoms with E-state index in [1.165, 1.54) is 0 Å². The zero-order valence-electron chi connectivity index (χ0n) is 28.4. The summed E-state index contributed by atoms with van der Waals surface area (Å²) in [5, 5.41) is 30.0. The quantitative estimate of drug-likeness (QED) is 0.194. The van der Waals surface area contributed by atoms with E-state index in [0.717, 1.165) is 72.4 Å². The van der Waals surface area contributed by atoms with Crippen LogP contribution in [0.25, 0.3) is 11.1 Å². The number of carboxylic acids is 1. The Morgan fingerprint density at radius 1 is 0.840 bits per heavy atom. The lowest BCUT2D eigenvalue weighted by atomic mass is 9.94. The molecule has 5 heterocycles. The van der Waals surface area contributed by atoms with E-state index in [9.17, 15) is 24.6 Å². The first kappa shape index (κ1) is 33.6. The number of fused-ring (bicyclic) bond motifs is 1. The van der Waals surface area contributed by atoms with Crippen molar-refractivity contribution < 1.29 is 24.6 Å². The van der Waals surface area contributed by atoms with Crippen molar-refractivity contribution in [2.24, 2.45) is 5.92 Å². The predicted molar refractivity (Wildman–Crippen MR) is 189 cm³/mol. The number of carbonyl (C=O) groups excluding carboxylic acids is 2. The average molecular weight is 678 g/mol. The molecule has 12 heteroatoms. The third-order valence-corrected chi connectivity index (χ3v) is 10.4. The van der Waals surface area contributed by atoms with E-state index in [0.29, 0.717) is 48.8 Å². The molecular formula is C38H43N7O5. The van der Waals surface area contributed by atoms with E-state index in [-0.39, 0.29) is 29.9 Å². The largest absolute Gasteiger partial charge is 0.481 e. The molecule has 0 aliphatic carbocycles. The fraction of sp³-hybridized carbons (Fsp3) is 0.395. The molecule has 50 heavy (non-hydrogen) atoms. The molecule has 3 atom stereocenters. The number of benzene rings is 2.